The Morgan fingerprint density at radius 3 is 1.82 bits per heavy atom. The van der Waals surface area contributed by atoms with Crippen LogP contribution >= 0.6 is 0 Å². The van der Waals surface area contributed by atoms with Gasteiger partial charge in [0.15, 0.2) is 0 Å². The molecule has 6 heteroatoms. The predicted octanol–water partition coefficient (Wildman–Crippen LogP) is 4.08. The molecule has 0 aliphatic rings. The monoisotopic (exact) mass is 453 g/mol. The van der Waals surface area contributed by atoms with Gasteiger partial charge >= 0.3 is 0 Å². The lowest BCUT2D eigenvalue weighted by Crippen LogP contribution is -2.45. The smallest absolute Gasteiger partial charge is 0.220 e. The van der Waals surface area contributed by atoms with Gasteiger partial charge in [-0.1, -0.05) is 72.8 Å². The van der Waals surface area contributed by atoms with E-state index in [2.05, 4.69) is 15.3 Å². The molecule has 2 atom stereocenters. The number of aliphatic hydroxyl groups is 2. The molecule has 1 amide bonds. The molecular weight excluding hydrogens is 426 g/mol. The fourth-order valence-corrected chi connectivity index (χ4v) is 4.09. The molecule has 1 unspecified atom stereocenters. The number of hydrogen-bond acceptors (Lipinski definition) is 5. The largest absolute Gasteiger partial charge is 0.388 e. The number of pyridine rings is 2. The zero-order valence-electron chi connectivity index (χ0n) is 18.7. The van der Waals surface area contributed by atoms with Crippen molar-refractivity contribution in [2.75, 3.05) is 0 Å². The summed E-state index contributed by atoms with van der Waals surface area (Å²) in [6.07, 6.45) is 6.05. The molecule has 4 aromatic rings. The maximum absolute atomic E-state index is 13.1. The van der Waals surface area contributed by atoms with Crippen molar-refractivity contribution in [1.29, 1.82) is 0 Å². The van der Waals surface area contributed by atoms with Crippen LogP contribution in [0, 0.1) is 0 Å². The van der Waals surface area contributed by atoms with Crippen LogP contribution in [0.4, 0.5) is 0 Å². The van der Waals surface area contributed by atoms with E-state index in [-0.39, 0.29) is 18.7 Å². The number of hydrogen-bond donors (Lipinski definition) is 3. The van der Waals surface area contributed by atoms with Crippen LogP contribution in [0.1, 0.15) is 47.2 Å². The maximum atomic E-state index is 13.1. The molecule has 0 bridgehead atoms. The normalized spacial score (nSPS) is 13.1. The first-order valence-electron chi connectivity index (χ1n) is 11.2. The second kappa shape index (κ2) is 10.8. The molecular formula is C28H27N3O3. The summed E-state index contributed by atoms with van der Waals surface area (Å²) in [5.41, 5.74) is 0.923. The molecule has 0 saturated carbocycles. The first-order chi connectivity index (χ1) is 16.6. The standard InChI is InChI=1S/C28H27N3O3/c32-25(21-9-3-1-4-10-21)15-16-26(33)31-27(22-11-5-2-6-12-22)28(34,23-13-7-17-29-19-23)24-14-8-18-30-20-24/h1-14,17-20,25,27,32,34H,15-16H2,(H,31,33)/t25?,27-/m1/s1. The summed E-state index contributed by atoms with van der Waals surface area (Å²) >= 11 is 0. The lowest BCUT2D eigenvalue weighted by molar-refractivity contribution is -0.124. The SMILES string of the molecule is O=C(CCC(O)c1ccccc1)N[C@H](c1ccccc1)C(O)(c1cccnc1)c1cccnc1. The van der Waals surface area contributed by atoms with Gasteiger partial charge in [-0.3, -0.25) is 14.8 Å². The van der Waals surface area contributed by atoms with Gasteiger partial charge in [-0.2, -0.15) is 0 Å². The van der Waals surface area contributed by atoms with E-state index in [1.807, 2.05) is 60.7 Å². The molecule has 0 aliphatic heterocycles. The summed E-state index contributed by atoms with van der Waals surface area (Å²) in [6.45, 7) is 0. The van der Waals surface area contributed by atoms with E-state index in [1.54, 1.807) is 49.1 Å². The van der Waals surface area contributed by atoms with Gasteiger partial charge in [0.1, 0.15) is 5.60 Å². The second-order valence-corrected chi connectivity index (χ2v) is 8.13. The minimum Gasteiger partial charge on any atom is -0.388 e. The Kier molecular flexibility index (Phi) is 7.42. The Labute approximate surface area is 199 Å². The number of nitrogens with zero attached hydrogens (tertiary/aromatic N) is 2. The van der Waals surface area contributed by atoms with Gasteiger partial charge in [0, 0.05) is 42.3 Å². The van der Waals surface area contributed by atoms with Crippen LogP contribution in [-0.2, 0) is 10.4 Å². The Morgan fingerprint density at radius 2 is 1.32 bits per heavy atom. The molecule has 2 aromatic carbocycles. The van der Waals surface area contributed by atoms with Crippen molar-refractivity contribution in [1.82, 2.24) is 15.3 Å². The van der Waals surface area contributed by atoms with E-state index in [1.165, 1.54) is 0 Å². The van der Waals surface area contributed by atoms with Crippen LogP contribution in [0.2, 0.25) is 0 Å². The predicted molar refractivity (Wildman–Crippen MR) is 129 cm³/mol. The molecule has 6 nitrogen and oxygen atoms in total. The third kappa shape index (κ3) is 5.20. The third-order valence-electron chi connectivity index (χ3n) is 5.89. The number of carbonyl (C=O) groups is 1. The third-order valence-corrected chi connectivity index (χ3v) is 5.89. The van der Waals surface area contributed by atoms with Gasteiger partial charge in [0.05, 0.1) is 12.1 Å². The van der Waals surface area contributed by atoms with Crippen LogP contribution in [0.25, 0.3) is 0 Å². The zero-order chi connectivity index (χ0) is 23.8. The van der Waals surface area contributed by atoms with Crippen LogP contribution in [-0.4, -0.2) is 26.1 Å². The molecule has 0 spiro atoms. The van der Waals surface area contributed by atoms with E-state index >= 15 is 0 Å². The Bertz CT molecular complexity index is 1130. The summed E-state index contributed by atoms with van der Waals surface area (Å²) in [4.78, 5) is 21.5. The minimum absolute atomic E-state index is 0.0928. The van der Waals surface area contributed by atoms with Crippen molar-refractivity contribution < 1.29 is 15.0 Å². The lowest BCUT2D eigenvalue weighted by Gasteiger charge is -2.37. The topological polar surface area (TPSA) is 95.3 Å². The molecule has 0 radical (unpaired) electrons. The van der Waals surface area contributed by atoms with E-state index in [0.717, 1.165) is 11.1 Å². The summed E-state index contributed by atoms with van der Waals surface area (Å²) in [6, 6.07) is 24.8. The quantitative estimate of drug-likeness (QED) is 0.355. The lowest BCUT2D eigenvalue weighted by atomic mass is 9.78. The van der Waals surface area contributed by atoms with Crippen molar-refractivity contribution in [3.8, 4) is 0 Å². The first kappa shape index (κ1) is 23.3. The molecule has 4 rings (SSSR count). The van der Waals surface area contributed by atoms with Crippen molar-refractivity contribution in [2.45, 2.75) is 30.6 Å². The average molecular weight is 454 g/mol. The number of amides is 1. The minimum atomic E-state index is -1.63. The number of aromatic nitrogens is 2. The Hall–Kier alpha value is -3.87. The molecule has 3 N–H and O–H groups in total. The summed E-state index contributed by atoms with van der Waals surface area (Å²) in [7, 11) is 0. The highest BCUT2D eigenvalue weighted by Crippen LogP contribution is 2.40. The number of benzene rings is 2. The van der Waals surface area contributed by atoms with Crippen molar-refractivity contribution in [3.63, 3.8) is 0 Å². The van der Waals surface area contributed by atoms with Crippen LogP contribution in [0.3, 0.4) is 0 Å². The fraction of sp³-hybridized carbons (Fsp3) is 0.179. The Balaban J connectivity index is 1.65. The van der Waals surface area contributed by atoms with Gasteiger partial charge < -0.3 is 15.5 Å². The van der Waals surface area contributed by atoms with E-state index in [0.29, 0.717) is 11.1 Å². The van der Waals surface area contributed by atoms with Crippen LogP contribution in [0.15, 0.2) is 110 Å². The van der Waals surface area contributed by atoms with Gasteiger partial charge in [0.2, 0.25) is 5.91 Å². The van der Waals surface area contributed by atoms with Crippen molar-refractivity contribution in [3.05, 3.63) is 132 Å². The van der Waals surface area contributed by atoms with Crippen molar-refractivity contribution in [2.24, 2.45) is 0 Å². The molecule has 0 saturated heterocycles. The van der Waals surface area contributed by atoms with E-state index in [9.17, 15) is 15.0 Å². The fourth-order valence-electron chi connectivity index (χ4n) is 4.09. The first-order valence-corrected chi connectivity index (χ1v) is 11.2. The molecule has 172 valence electrons. The number of aliphatic hydroxyl groups excluding tert-OH is 1. The van der Waals surface area contributed by atoms with Gasteiger partial charge in [0.25, 0.3) is 0 Å². The van der Waals surface area contributed by atoms with Gasteiger partial charge in [-0.05, 0) is 29.7 Å². The molecule has 0 fully saturated rings. The maximum Gasteiger partial charge on any atom is 0.220 e. The summed E-state index contributed by atoms with van der Waals surface area (Å²) < 4.78 is 0. The highest BCUT2D eigenvalue weighted by atomic mass is 16.3. The van der Waals surface area contributed by atoms with Crippen LogP contribution in [0.5, 0.6) is 0 Å². The summed E-state index contributed by atoms with van der Waals surface area (Å²) in [5.74, 6) is -0.282. The second-order valence-electron chi connectivity index (χ2n) is 8.13. The number of carbonyl (C=O) groups excluding carboxylic acids is 1. The molecule has 2 heterocycles. The van der Waals surface area contributed by atoms with Crippen molar-refractivity contribution >= 4 is 5.91 Å². The van der Waals surface area contributed by atoms with Gasteiger partial charge in [-0.25, -0.2) is 0 Å². The zero-order valence-corrected chi connectivity index (χ0v) is 18.7. The molecule has 0 aliphatic carbocycles. The number of nitrogens with one attached hydrogen (secondary N) is 1. The van der Waals surface area contributed by atoms with E-state index in [4.69, 9.17) is 0 Å². The number of rotatable bonds is 9. The highest BCUT2D eigenvalue weighted by Gasteiger charge is 2.42. The van der Waals surface area contributed by atoms with Crippen LogP contribution < -0.4 is 5.32 Å². The summed E-state index contributed by atoms with van der Waals surface area (Å²) in [5, 5.41) is 25.7. The van der Waals surface area contributed by atoms with Gasteiger partial charge in [-0.15, -0.1) is 0 Å². The highest BCUT2D eigenvalue weighted by molar-refractivity contribution is 5.77. The molecule has 34 heavy (non-hydrogen) atoms. The Morgan fingerprint density at radius 1 is 0.794 bits per heavy atom. The average Bonchev–Trinajstić information content (AvgIpc) is 2.92. The van der Waals surface area contributed by atoms with E-state index < -0.39 is 17.7 Å². The molecule has 2 aromatic heterocycles.